The van der Waals surface area contributed by atoms with Crippen LogP contribution in [-0.2, 0) is 6.18 Å². The van der Waals surface area contributed by atoms with Crippen molar-refractivity contribution in [2.24, 2.45) is 0 Å². The summed E-state index contributed by atoms with van der Waals surface area (Å²) in [6, 6.07) is 1.41. The van der Waals surface area contributed by atoms with Crippen LogP contribution in [0.2, 0.25) is 5.02 Å². The number of nitrogen functional groups attached to an aromatic ring is 1. The summed E-state index contributed by atoms with van der Waals surface area (Å²) in [5.74, 6) is -1.11. The third kappa shape index (κ3) is 4.95. The third-order valence-electron chi connectivity index (χ3n) is 9.57. The Hall–Kier alpha value is -3.70. The largest absolute Gasteiger partial charge is 0.470 e. The standard InChI is InChI=1S/C30H29ClF5N7O2/c1-38-17-11-29(12-17)5-7-42(2)25-20-24(40-27(41-25)44-14-28-4-3-6-43(28)13-15(32)10-28)22(33)23(39-26(20)45-29)18-8-16(37)9-19(31)21(18)30(34,35)36/h8-9,15,17H,3-7,10-14,37H2,2H3/t15-,17?,28+,29?/m1/s1. The molecule has 1 aromatic carbocycles. The van der Waals surface area contributed by atoms with Gasteiger partial charge in [-0.15, -0.1) is 0 Å². The Bertz CT molecular complexity index is 1740. The van der Waals surface area contributed by atoms with Gasteiger partial charge >= 0.3 is 12.2 Å². The monoisotopic (exact) mass is 649 g/mol. The van der Waals surface area contributed by atoms with Gasteiger partial charge in [0.2, 0.25) is 11.9 Å². The highest BCUT2D eigenvalue weighted by atomic mass is 35.5. The van der Waals surface area contributed by atoms with Crippen molar-refractivity contribution in [2.75, 3.05) is 43.9 Å². The minimum atomic E-state index is -4.97. The summed E-state index contributed by atoms with van der Waals surface area (Å²) in [6.07, 6.45) is -2.86. The molecule has 3 aromatic rings. The van der Waals surface area contributed by atoms with E-state index in [1.807, 2.05) is 0 Å². The molecule has 9 nitrogen and oxygen atoms in total. The van der Waals surface area contributed by atoms with E-state index >= 15 is 4.39 Å². The summed E-state index contributed by atoms with van der Waals surface area (Å²) in [6.45, 7) is 8.94. The van der Waals surface area contributed by atoms with Gasteiger partial charge in [0.05, 0.1) is 29.0 Å². The summed E-state index contributed by atoms with van der Waals surface area (Å²) in [7, 11) is 1.74. The number of hydrogen-bond acceptors (Lipinski definition) is 8. The zero-order chi connectivity index (χ0) is 31.9. The Kier molecular flexibility index (Phi) is 6.94. The topological polar surface area (TPSA) is 94.0 Å². The number of pyridine rings is 1. The fraction of sp³-hybridized carbons (Fsp3) is 0.533. The van der Waals surface area contributed by atoms with Gasteiger partial charge in [-0.1, -0.05) is 11.6 Å². The minimum Gasteiger partial charge on any atom is -0.470 e. The SMILES string of the molecule is [C-]#[N+]C1CC2(CCN(C)c3nc(OC[C@@]45CCCN4C[C@H](F)C5)nc4c(F)c(-c5cc(N)cc(Cl)c5C(F)(F)F)nc(c34)O2)C1. The first-order chi connectivity index (χ1) is 21.3. The van der Waals surface area contributed by atoms with E-state index in [0.717, 1.165) is 31.5 Å². The van der Waals surface area contributed by atoms with Gasteiger partial charge in [-0.05, 0) is 31.5 Å². The number of benzene rings is 1. The van der Waals surface area contributed by atoms with E-state index in [9.17, 15) is 17.6 Å². The quantitative estimate of drug-likeness (QED) is 0.207. The maximum atomic E-state index is 16.6. The molecule has 2 saturated heterocycles. The molecule has 2 aromatic heterocycles. The molecule has 15 heteroatoms. The maximum absolute atomic E-state index is 16.6. The van der Waals surface area contributed by atoms with Crippen LogP contribution in [0.25, 0.3) is 27.0 Å². The highest BCUT2D eigenvalue weighted by Crippen LogP contribution is 2.49. The highest BCUT2D eigenvalue weighted by Gasteiger charge is 2.53. The minimum absolute atomic E-state index is 0.0605. The molecule has 7 rings (SSSR count). The Morgan fingerprint density at radius 1 is 1.18 bits per heavy atom. The number of anilines is 2. The van der Waals surface area contributed by atoms with Crippen LogP contribution >= 0.6 is 11.6 Å². The van der Waals surface area contributed by atoms with Crippen molar-refractivity contribution in [3.8, 4) is 23.1 Å². The van der Waals surface area contributed by atoms with E-state index in [0.29, 0.717) is 32.4 Å². The molecule has 3 aliphatic heterocycles. The van der Waals surface area contributed by atoms with Crippen molar-refractivity contribution in [2.45, 2.75) is 68.1 Å². The van der Waals surface area contributed by atoms with Crippen LogP contribution in [0.4, 0.5) is 33.5 Å². The first-order valence-electron chi connectivity index (χ1n) is 14.7. The molecule has 1 aliphatic carbocycles. The zero-order valence-electron chi connectivity index (χ0n) is 24.2. The van der Waals surface area contributed by atoms with E-state index in [-0.39, 0.29) is 53.4 Å². The zero-order valence-corrected chi connectivity index (χ0v) is 25.0. The van der Waals surface area contributed by atoms with Crippen molar-refractivity contribution in [1.29, 1.82) is 0 Å². The molecule has 1 spiro atoms. The van der Waals surface area contributed by atoms with Gasteiger partial charge in [0.1, 0.15) is 40.8 Å². The van der Waals surface area contributed by atoms with Crippen LogP contribution in [0.1, 0.15) is 44.1 Å². The number of aromatic nitrogens is 3. The molecule has 0 radical (unpaired) electrons. The van der Waals surface area contributed by atoms with Gasteiger partial charge in [0, 0.05) is 44.2 Å². The molecule has 238 valence electrons. The first-order valence-corrected chi connectivity index (χ1v) is 15.1. The Balaban J connectivity index is 1.41. The van der Waals surface area contributed by atoms with Crippen LogP contribution in [0.15, 0.2) is 12.1 Å². The second kappa shape index (κ2) is 10.4. The van der Waals surface area contributed by atoms with Gasteiger partial charge < -0.3 is 25.0 Å². The van der Waals surface area contributed by atoms with E-state index in [2.05, 4.69) is 24.7 Å². The molecular formula is C30H29ClF5N7O2. The number of hydrogen-bond donors (Lipinski definition) is 1. The van der Waals surface area contributed by atoms with E-state index in [1.165, 1.54) is 0 Å². The van der Waals surface area contributed by atoms with E-state index in [1.54, 1.807) is 11.9 Å². The van der Waals surface area contributed by atoms with Crippen molar-refractivity contribution in [3.63, 3.8) is 0 Å². The van der Waals surface area contributed by atoms with E-state index in [4.69, 9.17) is 33.4 Å². The van der Waals surface area contributed by atoms with Crippen molar-refractivity contribution < 1.29 is 31.4 Å². The van der Waals surface area contributed by atoms with Gasteiger partial charge in [-0.25, -0.2) is 20.3 Å². The van der Waals surface area contributed by atoms with Crippen molar-refractivity contribution in [1.82, 2.24) is 19.9 Å². The fourth-order valence-corrected chi connectivity index (χ4v) is 7.69. The van der Waals surface area contributed by atoms with Crippen molar-refractivity contribution >= 4 is 34.0 Å². The smallest absolute Gasteiger partial charge is 0.418 e. The van der Waals surface area contributed by atoms with Gasteiger partial charge in [-0.2, -0.15) is 23.1 Å². The Labute approximate surface area is 260 Å². The van der Waals surface area contributed by atoms with Crippen LogP contribution in [-0.4, -0.2) is 76.5 Å². The lowest BCUT2D eigenvalue weighted by atomic mass is 9.73. The average molecular weight is 650 g/mol. The van der Waals surface area contributed by atoms with Gasteiger partial charge in [-0.3, -0.25) is 4.90 Å². The number of ether oxygens (including phenoxy) is 2. The highest BCUT2D eigenvalue weighted by molar-refractivity contribution is 6.32. The van der Waals surface area contributed by atoms with Crippen molar-refractivity contribution in [3.05, 3.63) is 40.0 Å². The van der Waals surface area contributed by atoms with Crippen LogP contribution in [0.3, 0.4) is 0 Å². The van der Waals surface area contributed by atoms with E-state index < -0.39 is 51.1 Å². The summed E-state index contributed by atoms with van der Waals surface area (Å²) in [4.78, 5) is 20.7. The van der Waals surface area contributed by atoms with Crippen LogP contribution in [0, 0.1) is 12.4 Å². The summed E-state index contributed by atoms with van der Waals surface area (Å²) in [5.41, 5.74) is 1.34. The molecule has 45 heavy (non-hydrogen) atoms. The second-order valence-corrected chi connectivity index (χ2v) is 13.0. The Morgan fingerprint density at radius 2 is 1.96 bits per heavy atom. The molecular weight excluding hydrogens is 621 g/mol. The normalized spacial score (nSPS) is 27.9. The average Bonchev–Trinajstić information content (AvgIpc) is 3.47. The summed E-state index contributed by atoms with van der Waals surface area (Å²) in [5, 5.41) is -0.654. The predicted octanol–water partition coefficient (Wildman–Crippen LogP) is 6.08. The molecule has 4 aliphatic rings. The number of alkyl halides is 4. The van der Waals surface area contributed by atoms with Gasteiger partial charge in [0.25, 0.3) is 0 Å². The fourth-order valence-electron chi connectivity index (χ4n) is 7.36. The summed E-state index contributed by atoms with van der Waals surface area (Å²) >= 11 is 6.02. The molecule has 1 saturated carbocycles. The molecule has 0 amide bonds. The number of fused-ring (bicyclic) bond motifs is 1. The second-order valence-electron chi connectivity index (χ2n) is 12.6. The molecule has 0 bridgehead atoms. The lowest BCUT2D eigenvalue weighted by Crippen LogP contribution is -2.53. The molecule has 2 N–H and O–H groups in total. The molecule has 0 unspecified atom stereocenters. The maximum Gasteiger partial charge on any atom is 0.418 e. The summed E-state index contributed by atoms with van der Waals surface area (Å²) < 4.78 is 86.4. The molecule has 2 atom stereocenters. The first kappa shape index (κ1) is 30.0. The molecule has 5 heterocycles. The third-order valence-corrected chi connectivity index (χ3v) is 9.87. The number of nitrogens with zero attached hydrogens (tertiary/aromatic N) is 6. The Morgan fingerprint density at radius 3 is 2.69 bits per heavy atom. The van der Waals surface area contributed by atoms with Crippen LogP contribution in [0.5, 0.6) is 11.9 Å². The lowest BCUT2D eigenvalue weighted by Gasteiger charge is -2.44. The number of halogens is 6. The lowest BCUT2D eigenvalue weighted by molar-refractivity contribution is -0.137. The predicted molar refractivity (Wildman–Crippen MR) is 157 cm³/mol. The number of rotatable bonds is 4. The molecule has 3 fully saturated rings. The number of nitrogens with two attached hydrogens (primary N) is 1. The van der Waals surface area contributed by atoms with Gasteiger partial charge in [0.15, 0.2) is 5.82 Å². The van der Waals surface area contributed by atoms with Crippen LogP contribution < -0.4 is 20.1 Å².